The van der Waals surface area contributed by atoms with E-state index in [9.17, 15) is 15.0 Å². The predicted octanol–water partition coefficient (Wildman–Crippen LogP) is 16.7. The van der Waals surface area contributed by atoms with Gasteiger partial charge in [0, 0.05) is 6.42 Å². The molecule has 0 aromatic rings. The lowest BCUT2D eigenvalue weighted by atomic mass is 10.0. The number of carbonyl (C=O) groups excluding carboxylic acids is 1. The molecule has 0 aliphatic rings. The van der Waals surface area contributed by atoms with Crippen molar-refractivity contribution in [2.75, 3.05) is 6.61 Å². The molecule has 4 heteroatoms. The summed E-state index contributed by atoms with van der Waals surface area (Å²) in [5.41, 5.74) is 0. The summed E-state index contributed by atoms with van der Waals surface area (Å²) in [7, 11) is 0. The molecule has 58 heavy (non-hydrogen) atoms. The van der Waals surface area contributed by atoms with Gasteiger partial charge in [0.1, 0.15) is 0 Å². The summed E-state index contributed by atoms with van der Waals surface area (Å²) in [5, 5.41) is 23.1. The highest BCUT2D eigenvalue weighted by Crippen LogP contribution is 2.16. The maximum atomic E-state index is 12.4. The molecule has 0 saturated carbocycles. The summed E-state index contributed by atoms with van der Waals surface area (Å²) in [5.74, 6) is -0.0790. The molecule has 3 N–H and O–H groups in total. The number of rotatable bonds is 47. The van der Waals surface area contributed by atoms with E-state index in [4.69, 9.17) is 0 Å². The van der Waals surface area contributed by atoms with Crippen LogP contribution in [0.3, 0.4) is 0 Å². The molecular weight excluding hydrogens is 711 g/mol. The molecule has 0 rings (SSSR count). The van der Waals surface area contributed by atoms with Gasteiger partial charge in [-0.1, -0.05) is 242 Å². The maximum Gasteiger partial charge on any atom is 0.220 e. The highest BCUT2D eigenvalue weighted by molar-refractivity contribution is 5.76. The first-order valence-electron chi connectivity index (χ1n) is 25.9. The van der Waals surface area contributed by atoms with Crippen LogP contribution in [0, 0.1) is 0 Å². The van der Waals surface area contributed by atoms with Gasteiger partial charge in [0.15, 0.2) is 0 Å². The van der Waals surface area contributed by atoms with Gasteiger partial charge in [0.2, 0.25) is 5.91 Å². The van der Waals surface area contributed by atoms with Crippen LogP contribution in [0.15, 0.2) is 48.6 Å². The predicted molar refractivity (Wildman–Crippen MR) is 258 cm³/mol. The van der Waals surface area contributed by atoms with Crippen LogP contribution < -0.4 is 5.32 Å². The maximum absolute atomic E-state index is 12.4. The Morgan fingerprint density at radius 3 is 1.00 bits per heavy atom. The number of nitrogens with one attached hydrogen (secondary N) is 1. The van der Waals surface area contributed by atoms with Crippen molar-refractivity contribution in [1.82, 2.24) is 5.32 Å². The van der Waals surface area contributed by atoms with Crippen molar-refractivity contribution in [3.8, 4) is 0 Å². The third-order valence-electron chi connectivity index (χ3n) is 11.8. The number of aliphatic hydroxyl groups excluding tert-OH is 2. The molecule has 4 nitrogen and oxygen atoms in total. The van der Waals surface area contributed by atoms with Crippen molar-refractivity contribution >= 4 is 5.91 Å². The Hall–Kier alpha value is -1.65. The molecule has 1 amide bonds. The summed E-state index contributed by atoms with van der Waals surface area (Å²) >= 11 is 0. The Labute approximate surface area is 363 Å². The van der Waals surface area contributed by atoms with E-state index in [1.54, 1.807) is 6.08 Å². The molecule has 0 fully saturated rings. The molecule has 0 radical (unpaired) electrons. The van der Waals surface area contributed by atoms with Crippen LogP contribution in [0.25, 0.3) is 0 Å². The molecule has 0 spiro atoms. The van der Waals surface area contributed by atoms with Crippen molar-refractivity contribution in [3.63, 3.8) is 0 Å². The minimum absolute atomic E-state index is 0.0790. The van der Waals surface area contributed by atoms with Crippen LogP contribution in [0.2, 0.25) is 0 Å². The highest BCUT2D eigenvalue weighted by Gasteiger charge is 2.17. The lowest BCUT2D eigenvalue weighted by Gasteiger charge is -2.19. The highest BCUT2D eigenvalue weighted by atomic mass is 16.3. The van der Waals surface area contributed by atoms with E-state index in [1.165, 1.54) is 212 Å². The van der Waals surface area contributed by atoms with E-state index in [2.05, 4.69) is 55.6 Å². The molecule has 0 aromatic heterocycles. The van der Waals surface area contributed by atoms with Crippen LogP contribution in [-0.2, 0) is 4.79 Å². The Bertz CT molecular complexity index is 923. The zero-order chi connectivity index (χ0) is 42.1. The second kappa shape index (κ2) is 49.7. The molecule has 340 valence electrons. The van der Waals surface area contributed by atoms with Crippen LogP contribution in [0.5, 0.6) is 0 Å². The second-order valence-electron chi connectivity index (χ2n) is 17.6. The zero-order valence-electron chi connectivity index (χ0n) is 39.1. The third kappa shape index (κ3) is 45.4. The SMILES string of the molecule is CCCCCCCC/C=C\CCCCCCCCCCCC(=O)NC(CO)C(O)/C=C/CC/C=C/CC/C=C/CCCCCCCCCCCCCCCCCCC. The largest absolute Gasteiger partial charge is 0.394 e. The van der Waals surface area contributed by atoms with Gasteiger partial charge in [-0.3, -0.25) is 4.79 Å². The number of carbonyl (C=O) groups is 1. The fourth-order valence-electron chi connectivity index (χ4n) is 7.79. The van der Waals surface area contributed by atoms with Crippen LogP contribution >= 0.6 is 0 Å². The number of amides is 1. The molecular formula is C54H101NO3. The van der Waals surface area contributed by atoms with Crippen molar-refractivity contribution in [1.29, 1.82) is 0 Å². The van der Waals surface area contributed by atoms with E-state index in [1.807, 2.05) is 6.08 Å². The Morgan fingerprint density at radius 2 is 0.672 bits per heavy atom. The van der Waals surface area contributed by atoms with Gasteiger partial charge in [-0.05, 0) is 70.6 Å². The van der Waals surface area contributed by atoms with Crippen LogP contribution in [0.1, 0.15) is 271 Å². The number of unbranched alkanes of at least 4 members (excludes halogenated alkanes) is 34. The van der Waals surface area contributed by atoms with E-state index in [0.717, 1.165) is 38.5 Å². The number of hydrogen-bond acceptors (Lipinski definition) is 3. The Morgan fingerprint density at radius 1 is 0.397 bits per heavy atom. The third-order valence-corrected chi connectivity index (χ3v) is 11.8. The average molecular weight is 812 g/mol. The molecule has 0 aliphatic carbocycles. The Balaban J connectivity index is 3.58. The van der Waals surface area contributed by atoms with Gasteiger partial charge < -0.3 is 15.5 Å². The van der Waals surface area contributed by atoms with E-state index in [-0.39, 0.29) is 12.5 Å². The molecule has 0 heterocycles. The van der Waals surface area contributed by atoms with Gasteiger partial charge in [0.25, 0.3) is 0 Å². The first kappa shape index (κ1) is 56.4. The minimum Gasteiger partial charge on any atom is -0.394 e. The van der Waals surface area contributed by atoms with Crippen molar-refractivity contribution in [2.24, 2.45) is 0 Å². The second-order valence-corrected chi connectivity index (χ2v) is 17.6. The summed E-state index contributed by atoms with van der Waals surface area (Å²) in [6, 6.07) is -0.647. The fraction of sp³-hybridized carbons (Fsp3) is 0.833. The summed E-state index contributed by atoms with van der Waals surface area (Å²) < 4.78 is 0. The molecule has 0 aromatic carbocycles. The smallest absolute Gasteiger partial charge is 0.220 e. The zero-order valence-corrected chi connectivity index (χ0v) is 39.1. The fourth-order valence-corrected chi connectivity index (χ4v) is 7.79. The summed E-state index contributed by atoms with van der Waals surface area (Å²) in [6.07, 6.45) is 68.3. The van der Waals surface area contributed by atoms with Gasteiger partial charge in [-0.25, -0.2) is 0 Å². The monoisotopic (exact) mass is 812 g/mol. The number of allylic oxidation sites excluding steroid dienone is 7. The molecule has 2 atom stereocenters. The standard InChI is InChI=1S/C54H101NO3/c1-3-5-7-9-11-13-15-17-19-21-23-24-25-26-27-28-29-30-32-33-35-37-39-41-43-45-47-49-53(57)52(51-56)55-54(58)50-48-46-44-42-40-38-36-34-31-22-20-18-16-14-12-10-8-6-4-2/h18,20,32-33,39,41,47,49,52-53,56-57H,3-17,19,21-31,34-38,40,42-46,48,50-51H2,1-2H3,(H,55,58)/b20-18-,33-32+,41-39+,49-47+. The van der Waals surface area contributed by atoms with E-state index in [0.29, 0.717) is 6.42 Å². The van der Waals surface area contributed by atoms with Gasteiger partial charge in [-0.15, -0.1) is 0 Å². The molecule has 0 bridgehead atoms. The summed E-state index contributed by atoms with van der Waals surface area (Å²) in [4.78, 5) is 12.4. The van der Waals surface area contributed by atoms with Gasteiger partial charge in [0.05, 0.1) is 18.8 Å². The van der Waals surface area contributed by atoms with Crippen molar-refractivity contribution in [3.05, 3.63) is 48.6 Å². The van der Waals surface area contributed by atoms with Crippen molar-refractivity contribution in [2.45, 2.75) is 283 Å². The quantitative estimate of drug-likeness (QED) is 0.0423. The van der Waals surface area contributed by atoms with Crippen molar-refractivity contribution < 1.29 is 15.0 Å². The minimum atomic E-state index is -0.872. The number of hydrogen-bond donors (Lipinski definition) is 3. The lowest BCUT2D eigenvalue weighted by Crippen LogP contribution is -2.45. The van der Waals surface area contributed by atoms with Gasteiger partial charge in [-0.2, -0.15) is 0 Å². The summed E-state index contributed by atoms with van der Waals surface area (Å²) in [6.45, 7) is 4.31. The van der Waals surface area contributed by atoms with E-state index < -0.39 is 12.1 Å². The average Bonchev–Trinajstić information content (AvgIpc) is 3.23. The first-order valence-corrected chi connectivity index (χ1v) is 25.9. The van der Waals surface area contributed by atoms with E-state index >= 15 is 0 Å². The Kier molecular flexibility index (Phi) is 48.3. The van der Waals surface area contributed by atoms with Crippen LogP contribution in [0.4, 0.5) is 0 Å². The first-order chi connectivity index (χ1) is 28.7. The molecule has 0 saturated heterocycles. The van der Waals surface area contributed by atoms with Crippen LogP contribution in [-0.4, -0.2) is 34.9 Å². The van der Waals surface area contributed by atoms with Gasteiger partial charge >= 0.3 is 0 Å². The molecule has 2 unspecified atom stereocenters. The normalized spacial score (nSPS) is 13.2. The number of aliphatic hydroxyl groups is 2. The molecule has 0 aliphatic heterocycles. The lowest BCUT2D eigenvalue weighted by molar-refractivity contribution is -0.123. The topological polar surface area (TPSA) is 69.6 Å².